The number of anilines is 1. The molecule has 5 nitrogen and oxygen atoms in total. The number of nitrogens with two attached hydrogens (primary N) is 1. The summed E-state index contributed by atoms with van der Waals surface area (Å²) >= 11 is 1.64. The number of fused-ring (bicyclic) bond motifs is 1. The van der Waals surface area contributed by atoms with Crippen LogP contribution in [0.1, 0.15) is 16.3 Å². The fourth-order valence-corrected chi connectivity index (χ4v) is 2.86. The van der Waals surface area contributed by atoms with Gasteiger partial charge in [-0.2, -0.15) is 0 Å². The van der Waals surface area contributed by atoms with Crippen molar-refractivity contribution in [3.63, 3.8) is 0 Å². The Bertz CT molecular complexity index is 708. The van der Waals surface area contributed by atoms with Gasteiger partial charge in [0, 0.05) is 23.7 Å². The van der Waals surface area contributed by atoms with Crippen molar-refractivity contribution >= 4 is 27.4 Å². The maximum absolute atomic E-state index is 5.54. The number of hydrazine groups is 1. The summed E-state index contributed by atoms with van der Waals surface area (Å²) in [6.45, 7) is 2.05. The van der Waals surface area contributed by atoms with Crippen molar-refractivity contribution in [2.24, 2.45) is 5.84 Å². The molecule has 19 heavy (non-hydrogen) atoms. The van der Waals surface area contributed by atoms with Gasteiger partial charge >= 0.3 is 0 Å². The number of nitrogen functional groups attached to an aromatic ring is 1. The molecule has 0 saturated heterocycles. The average molecular weight is 271 g/mol. The first-order chi connectivity index (χ1) is 9.26. The van der Waals surface area contributed by atoms with E-state index in [9.17, 15) is 0 Å². The van der Waals surface area contributed by atoms with Crippen LogP contribution in [0.3, 0.4) is 0 Å². The fraction of sp³-hybridized carbons (Fsp3) is 0.154. The fourth-order valence-electron chi connectivity index (χ4n) is 1.96. The second-order valence-electron chi connectivity index (χ2n) is 4.25. The van der Waals surface area contributed by atoms with E-state index in [1.54, 1.807) is 17.5 Å². The first-order valence-corrected chi connectivity index (χ1v) is 6.70. The molecule has 6 heteroatoms. The highest BCUT2D eigenvalue weighted by Gasteiger charge is 2.10. The molecule has 0 spiro atoms. The highest BCUT2D eigenvalue weighted by molar-refractivity contribution is 7.18. The standard InChI is InChI=1S/C13H13N5S/c1-8-5-10-12(18-14)16-11(17-13(10)19-8)6-9-3-2-4-15-7-9/h2-5,7H,6,14H2,1H3,(H,16,17,18). The maximum atomic E-state index is 5.54. The summed E-state index contributed by atoms with van der Waals surface area (Å²) in [6.07, 6.45) is 4.22. The molecule has 0 aliphatic carbocycles. The van der Waals surface area contributed by atoms with Crippen LogP contribution in [-0.2, 0) is 6.42 Å². The third-order valence-electron chi connectivity index (χ3n) is 2.78. The van der Waals surface area contributed by atoms with Crippen LogP contribution in [0.4, 0.5) is 5.82 Å². The predicted molar refractivity (Wildman–Crippen MR) is 77.0 cm³/mol. The summed E-state index contributed by atoms with van der Waals surface area (Å²) in [5.41, 5.74) is 3.73. The average Bonchev–Trinajstić information content (AvgIpc) is 2.79. The number of aromatic nitrogens is 3. The molecule has 3 rings (SSSR count). The van der Waals surface area contributed by atoms with Crippen LogP contribution in [-0.4, -0.2) is 15.0 Å². The predicted octanol–water partition coefficient (Wildman–Crippen LogP) is 2.27. The Kier molecular flexibility index (Phi) is 3.10. The Morgan fingerprint density at radius 1 is 1.37 bits per heavy atom. The number of rotatable bonds is 3. The normalized spacial score (nSPS) is 10.8. The third-order valence-corrected chi connectivity index (χ3v) is 3.73. The molecule has 3 aromatic heterocycles. The summed E-state index contributed by atoms with van der Waals surface area (Å²) in [6, 6.07) is 5.96. The van der Waals surface area contributed by atoms with Crippen molar-refractivity contribution in [3.8, 4) is 0 Å². The Morgan fingerprint density at radius 2 is 2.26 bits per heavy atom. The van der Waals surface area contributed by atoms with Gasteiger partial charge in [-0.05, 0) is 24.6 Å². The lowest BCUT2D eigenvalue weighted by Gasteiger charge is -2.05. The number of pyridine rings is 1. The van der Waals surface area contributed by atoms with Crippen LogP contribution in [0, 0.1) is 6.92 Å². The molecule has 0 aliphatic heterocycles. The van der Waals surface area contributed by atoms with E-state index >= 15 is 0 Å². The van der Waals surface area contributed by atoms with Gasteiger partial charge in [0.15, 0.2) is 5.82 Å². The molecule has 0 fully saturated rings. The minimum absolute atomic E-state index is 0.648. The molecule has 3 N–H and O–H groups in total. The third kappa shape index (κ3) is 2.40. The first-order valence-electron chi connectivity index (χ1n) is 5.89. The van der Waals surface area contributed by atoms with Gasteiger partial charge in [-0.3, -0.25) is 4.98 Å². The molecule has 0 atom stereocenters. The largest absolute Gasteiger partial charge is 0.308 e. The SMILES string of the molecule is Cc1cc2c(NN)nc(Cc3cccnc3)nc2s1. The summed E-state index contributed by atoms with van der Waals surface area (Å²) < 4.78 is 0. The monoisotopic (exact) mass is 271 g/mol. The lowest BCUT2D eigenvalue weighted by atomic mass is 10.2. The number of aryl methyl sites for hydroxylation is 1. The number of thiophene rings is 1. The lowest BCUT2D eigenvalue weighted by molar-refractivity contribution is 0.985. The summed E-state index contributed by atoms with van der Waals surface area (Å²) in [7, 11) is 0. The maximum Gasteiger partial charge on any atom is 0.152 e. The van der Waals surface area contributed by atoms with E-state index in [0.717, 1.165) is 21.6 Å². The molecule has 0 bridgehead atoms. The molecule has 0 aromatic carbocycles. The molecule has 3 aromatic rings. The zero-order valence-electron chi connectivity index (χ0n) is 10.4. The molecule has 0 radical (unpaired) electrons. The molecule has 0 aliphatic rings. The molecular weight excluding hydrogens is 258 g/mol. The number of hydrogen-bond donors (Lipinski definition) is 2. The highest BCUT2D eigenvalue weighted by Crippen LogP contribution is 2.28. The van der Waals surface area contributed by atoms with Gasteiger partial charge in [0.2, 0.25) is 0 Å². The molecule has 3 heterocycles. The molecule has 0 saturated carbocycles. The van der Waals surface area contributed by atoms with Gasteiger partial charge in [0.05, 0.1) is 5.39 Å². The van der Waals surface area contributed by atoms with Crippen LogP contribution in [0.25, 0.3) is 10.2 Å². The van der Waals surface area contributed by atoms with E-state index in [2.05, 4.69) is 20.4 Å². The topological polar surface area (TPSA) is 76.7 Å². The Balaban J connectivity index is 2.04. The molecule has 0 amide bonds. The van der Waals surface area contributed by atoms with E-state index in [1.807, 2.05) is 31.3 Å². The number of nitrogens with one attached hydrogen (secondary N) is 1. The zero-order chi connectivity index (χ0) is 13.2. The van der Waals surface area contributed by atoms with Crippen LogP contribution in [0.5, 0.6) is 0 Å². The number of hydrogen-bond acceptors (Lipinski definition) is 6. The highest BCUT2D eigenvalue weighted by atomic mass is 32.1. The van der Waals surface area contributed by atoms with Crippen molar-refractivity contribution in [2.45, 2.75) is 13.3 Å². The smallest absolute Gasteiger partial charge is 0.152 e. The van der Waals surface area contributed by atoms with E-state index in [4.69, 9.17) is 5.84 Å². The van der Waals surface area contributed by atoms with Gasteiger partial charge in [0.25, 0.3) is 0 Å². The van der Waals surface area contributed by atoms with Gasteiger partial charge < -0.3 is 5.43 Å². The second kappa shape index (κ2) is 4.91. The Morgan fingerprint density at radius 3 is 3.00 bits per heavy atom. The summed E-state index contributed by atoms with van der Waals surface area (Å²) in [4.78, 5) is 15.3. The first kappa shape index (κ1) is 12.0. The van der Waals surface area contributed by atoms with Gasteiger partial charge in [0.1, 0.15) is 10.7 Å². The van der Waals surface area contributed by atoms with Crippen molar-refractivity contribution in [3.05, 3.63) is 46.9 Å². The van der Waals surface area contributed by atoms with Gasteiger partial charge in [-0.25, -0.2) is 15.8 Å². The van der Waals surface area contributed by atoms with Crippen LogP contribution >= 0.6 is 11.3 Å². The van der Waals surface area contributed by atoms with Crippen molar-refractivity contribution in [2.75, 3.05) is 5.43 Å². The van der Waals surface area contributed by atoms with Crippen molar-refractivity contribution < 1.29 is 0 Å². The summed E-state index contributed by atoms with van der Waals surface area (Å²) in [5, 5.41) is 0.972. The second-order valence-corrected chi connectivity index (χ2v) is 5.48. The quantitative estimate of drug-likeness (QED) is 0.564. The zero-order valence-corrected chi connectivity index (χ0v) is 11.2. The Labute approximate surface area is 114 Å². The molecular formula is C13H13N5S. The molecule has 0 unspecified atom stereocenters. The van der Waals surface area contributed by atoms with Crippen LogP contribution < -0.4 is 11.3 Å². The number of nitrogens with zero attached hydrogens (tertiary/aromatic N) is 3. The van der Waals surface area contributed by atoms with E-state index in [0.29, 0.717) is 12.2 Å². The van der Waals surface area contributed by atoms with Crippen molar-refractivity contribution in [1.82, 2.24) is 15.0 Å². The van der Waals surface area contributed by atoms with Crippen LogP contribution in [0.15, 0.2) is 30.6 Å². The van der Waals surface area contributed by atoms with E-state index < -0.39 is 0 Å². The van der Waals surface area contributed by atoms with Crippen molar-refractivity contribution in [1.29, 1.82) is 0 Å². The molecule has 96 valence electrons. The minimum atomic E-state index is 0.648. The van der Waals surface area contributed by atoms with E-state index in [1.165, 1.54) is 4.88 Å². The summed E-state index contributed by atoms with van der Waals surface area (Å²) in [5.74, 6) is 6.96. The van der Waals surface area contributed by atoms with Gasteiger partial charge in [-0.15, -0.1) is 11.3 Å². The van der Waals surface area contributed by atoms with E-state index in [-0.39, 0.29) is 0 Å². The van der Waals surface area contributed by atoms with Gasteiger partial charge in [-0.1, -0.05) is 6.07 Å². The minimum Gasteiger partial charge on any atom is -0.308 e. The lowest BCUT2D eigenvalue weighted by Crippen LogP contribution is -2.10. The Hall–Kier alpha value is -2.05. The van der Waals surface area contributed by atoms with Crippen LogP contribution in [0.2, 0.25) is 0 Å².